The van der Waals surface area contributed by atoms with E-state index in [0.717, 1.165) is 37.0 Å². The first kappa shape index (κ1) is 29.6. The summed E-state index contributed by atoms with van der Waals surface area (Å²) in [6, 6.07) is 7.24. The molecule has 0 bridgehead atoms. The lowest BCUT2D eigenvalue weighted by Gasteiger charge is -2.32. The molecule has 2 aliphatic rings. The number of hydrogen-bond acceptors (Lipinski definition) is 10. The average Bonchev–Trinajstić information content (AvgIpc) is 3.45. The molecule has 45 heavy (non-hydrogen) atoms. The molecule has 6 rings (SSSR count). The van der Waals surface area contributed by atoms with Gasteiger partial charge >= 0.3 is 6.03 Å². The highest BCUT2D eigenvalue weighted by atomic mass is 16.2. The van der Waals surface area contributed by atoms with Gasteiger partial charge in [-0.1, -0.05) is 0 Å². The molecule has 4 amide bonds. The first-order valence-electron chi connectivity index (χ1n) is 14.9. The van der Waals surface area contributed by atoms with Crippen LogP contribution in [0.5, 0.6) is 0 Å². The smallest absolute Gasteiger partial charge is 0.329 e. The Kier molecular flexibility index (Phi) is 8.35. The van der Waals surface area contributed by atoms with E-state index in [-0.39, 0.29) is 36.9 Å². The fourth-order valence-corrected chi connectivity index (χ4v) is 5.54. The van der Waals surface area contributed by atoms with Gasteiger partial charge in [0.2, 0.25) is 5.91 Å². The van der Waals surface area contributed by atoms with Crippen molar-refractivity contribution >= 4 is 40.4 Å². The standard InChI is InChI=1S/C31H33N11O3/c1-19(2)37-25-12-26(41-9-3-21-11-20(13-32)14-36-29(21)41)35-16-24(25)30(44)38-22-4-7-40(8-5-22)18-23-15-34-27(17-33-23)42-10-6-28(43)39-31(42)45/h3,9,11-12,14-17,19,22H,4-8,10,18H2,1-2H3,(H,35,37)(H,38,44)(H,39,43,45). The normalized spacial score (nSPS) is 16.1. The number of nitrogens with one attached hydrogen (secondary N) is 3. The van der Waals surface area contributed by atoms with Gasteiger partial charge in [0, 0.05) is 74.7 Å². The molecule has 0 saturated carbocycles. The van der Waals surface area contributed by atoms with E-state index in [0.29, 0.717) is 40.6 Å². The molecule has 0 unspecified atom stereocenters. The first-order chi connectivity index (χ1) is 21.8. The summed E-state index contributed by atoms with van der Waals surface area (Å²) in [6.45, 7) is 6.46. The molecule has 0 aromatic carbocycles. The van der Waals surface area contributed by atoms with Crippen molar-refractivity contribution in [1.29, 1.82) is 5.26 Å². The lowest BCUT2D eigenvalue weighted by Crippen LogP contribution is -2.50. The minimum Gasteiger partial charge on any atom is -0.382 e. The van der Waals surface area contributed by atoms with Gasteiger partial charge in [-0.15, -0.1) is 0 Å². The number of carbonyl (C=O) groups is 3. The second-order valence-corrected chi connectivity index (χ2v) is 11.5. The molecule has 4 aromatic heterocycles. The van der Waals surface area contributed by atoms with Crippen LogP contribution in [0.2, 0.25) is 0 Å². The fourth-order valence-electron chi connectivity index (χ4n) is 5.54. The van der Waals surface area contributed by atoms with Crippen molar-refractivity contribution in [2.75, 3.05) is 29.9 Å². The molecule has 230 valence electrons. The Morgan fingerprint density at radius 3 is 2.56 bits per heavy atom. The van der Waals surface area contributed by atoms with Gasteiger partial charge in [-0.3, -0.25) is 34.3 Å². The Bertz CT molecular complexity index is 1790. The number of urea groups is 1. The molecule has 4 aromatic rings. The van der Waals surface area contributed by atoms with Gasteiger partial charge in [-0.2, -0.15) is 5.26 Å². The highest BCUT2D eigenvalue weighted by Crippen LogP contribution is 2.24. The van der Waals surface area contributed by atoms with E-state index in [4.69, 9.17) is 0 Å². The second-order valence-electron chi connectivity index (χ2n) is 11.5. The van der Waals surface area contributed by atoms with E-state index in [1.165, 1.54) is 11.1 Å². The van der Waals surface area contributed by atoms with Crippen LogP contribution >= 0.6 is 0 Å². The number of anilines is 2. The summed E-state index contributed by atoms with van der Waals surface area (Å²) in [5, 5.41) is 18.9. The average molecular weight is 608 g/mol. The van der Waals surface area contributed by atoms with Crippen LogP contribution in [0.4, 0.5) is 16.3 Å². The molecule has 2 saturated heterocycles. The SMILES string of the molecule is CC(C)Nc1cc(-n2ccc3cc(C#N)cnc32)ncc1C(=O)NC1CCN(Cc2cnc(N3CCC(=O)NC3=O)cn2)CC1. The van der Waals surface area contributed by atoms with Gasteiger partial charge in [0.1, 0.15) is 17.5 Å². The molecule has 0 aliphatic carbocycles. The number of carbonyl (C=O) groups excluding carboxylic acids is 3. The van der Waals surface area contributed by atoms with Crippen molar-refractivity contribution < 1.29 is 14.4 Å². The number of aromatic nitrogens is 5. The number of fused-ring (bicyclic) bond motifs is 1. The molecule has 0 radical (unpaired) electrons. The molecular weight excluding hydrogens is 574 g/mol. The summed E-state index contributed by atoms with van der Waals surface area (Å²) in [6.07, 6.45) is 9.98. The summed E-state index contributed by atoms with van der Waals surface area (Å²) in [4.78, 5) is 58.5. The van der Waals surface area contributed by atoms with Crippen LogP contribution in [0.1, 0.15) is 54.7 Å². The van der Waals surface area contributed by atoms with Gasteiger partial charge in [0.15, 0.2) is 5.82 Å². The Hall–Kier alpha value is -5.42. The molecule has 14 nitrogen and oxygen atoms in total. The second kappa shape index (κ2) is 12.7. The summed E-state index contributed by atoms with van der Waals surface area (Å²) >= 11 is 0. The van der Waals surface area contributed by atoms with Gasteiger partial charge in [-0.25, -0.2) is 19.7 Å². The molecule has 2 fully saturated rings. The van der Waals surface area contributed by atoms with E-state index < -0.39 is 6.03 Å². The van der Waals surface area contributed by atoms with Crippen molar-refractivity contribution in [3.63, 3.8) is 0 Å². The van der Waals surface area contributed by atoms with Gasteiger partial charge in [-0.05, 0) is 38.8 Å². The van der Waals surface area contributed by atoms with Crippen LogP contribution in [0.25, 0.3) is 16.9 Å². The third-order valence-electron chi connectivity index (χ3n) is 7.81. The fraction of sp³-hybridized carbons (Fsp3) is 0.355. The monoisotopic (exact) mass is 607 g/mol. The largest absolute Gasteiger partial charge is 0.382 e. The van der Waals surface area contributed by atoms with E-state index in [1.54, 1.807) is 24.7 Å². The van der Waals surface area contributed by atoms with E-state index in [1.807, 2.05) is 36.7 Å². The minimum absolute atomic E-state index is 0.0148. The van der Waals surface area contributed by atoms with Crippen LogP contribution in [0, 0.1) is 11.3 Å². The van der Waals surface area contributed by atoms with Crippen molar-refractivity contribution in [2.45, 2.75) is 51.7 Å². The van der Waals surface area contributed by atoms with Crippen LogP contribution < -0.4 is 20.9 Å². The predicted molar refractivity (Wildman–Crippen MR) is 166 cm³/mol. The molecule has 0 atom stereocenters. The van der Waals surface area contributed by atoms with Crippen LogP contribution in [0.15, 0.2) is 49.2 Å². The number of rotatable bonds is 8. The maximum atomic E-state index is 13.4. The third kappa shape index (κ3) is 6.58. The Balaban J connectivity index is 1.07. The summed E-state index contributed by atoms with van der Waals surface area (Å²) in [7, 11) is 0. The Morgan fingerprint density at radius 2 is 1.84 bits per heavy atom. The highest BCUT2D eigenvalue weighted by molar-refractivity contribution is 6.05. The molecule has 2 aliphatic heterocycles. The number of amides is 4. The number of nitriles is 1. The zero-order valence-electron chi connectivity index (χ0n) is 25.0. The van der Waals surface area contributed by atoms with Crippen LogP contribution in [-0.2, 0) is 11.3 Å². The molecule has 6 heterocycles. The van der Waals surface area contributed by atoms with Crippen LogP contribution in [-0.4, -0.2) is 79.0 Å². The van der Waals surface area contributed by atoms with E-state index in [9.17, 15) is 19.6 Å². The summed E-state index contributed by atoms with van der Waals surface area (Å²) in [5.41, 5.74) is 3.08. The third-order valence-corrected chi connectivity index (χ3v) is 7.81. The molecular formula is C31H33N11O3. The summed E-state index contributed by atoms with van der Waals surface area (Å²) < 4.78 is 1.84. The van der Waals surface area contributed by atoms with Crippen molar-refractivity contribution in [2.24, 2.45) is 0 Å². The lowest BCUT2D eigenvalue weighted by molar-refractivity contribution is -0.120. The van der Waals surface area contributed by atoms with E-state index in [2.05, 4.69) is 46.9 Å². The zero-order chi connectivity index (χ0) is 31.5. The first-order valence-corrected chi connectivity index (χ1v) is 14.9. The van der Waals surface area contributed by atoms with Gasteiger partial charge in [0.05, 0.1) is 34.9 Å². The quantitative estimate of drug-likeness (QED) is 0.270. The van der Waals surface area contributed by atoms with Crippen LogP contribution in [0.3, 0.4) is 0 Å². The number of hydrogen-bond donors (Lipinski definition) is 3. The highest BCUT2D eigenvalue weighted by Gasteiger charge is 2.26. The lowest BCUT2D eigenvalue weighted by atomic mass is 10.0. The van der Waals surface area contributed by atoms with Crippen molar-refractivity contribution in [1.82, 2.24) is 40.0 Å². The molecule has 3 N–H and O–H groups in total. The Labute approximate surface area is 259 Å². The maximum Gasteiger partial charge on any atom is 0.329 e. The molecule has 0 spiro atoms. The molecule has 14 heteroatoms. The number of imide groups is 1. The van der Waals surface area contributed by atoms with Crippen molar-refractivity contribution in [3.05, 3.63) is 66.0 Å². The Morgan fingerprint density at radius 1 is 1.04 bits per heavy atom. The topological polar surface area (TPSA) is 174 Å². The zero-order valence-corrected chi connectivity index (χ0v) is 25.0. The predicted octanol–water partition coefficient (Wildman–Crippen LogP) is 2.74. The number of piperidine rings is 1. The van der Waals surface area contributed by atoms with E-state index >= 15 is 0 Å². The minimum atomic E-state index is -0.487. The van der Waals surface area contributed by atoms with Crippen molar-refractivity contribution in [3.8, 4) is 11.9 Å². The maximum absolute atomic E-state index is 13.4. The number of likely N-dealkylation sites (tertiary alicyclic amines) is 1. The van der Waals surface area contributed by atoms with Gasteiger partial charge < -0.3 is 10.6 Å². The summed E-state index contributed by atoms with van der Waals surface area (Å²) in [5.74, 6) is 0.543. The number of nitrogens with zero attached hydrogens (tertiary/aromatic N) is 8. The number of pyridine rings is 2. The van der Waals surface area contributed by atoms with Gasteiger partial charge in [0.25, 0.3) is 5.91 Å².